The number of benzene rings is 2. The first-order valence-corrected chi connectivity index (χ1v) is 11.5. The predicted molar refractivity (Wildman–Crippen MR) is 129 cm³/mol. The van der Waals surface area contributed by atoms with Crippen molar-refractivity contribution in [3.63, 3.8) is 0 Å². The molecule has 1 aromatic heterocycles. The molecule has 1 N–H and O–H groups in total. The number of aromatic nitrogens is 2. The molecule has 1 amide bonds. The van der Waals surface area contributed by atoms with Crippen molar-refractivity contribution >= 4 is 40.7 Å². The maximum Gasteiger partial charge on any atom is 0.301 e. The second-order valence-electron chi connectivity index (χ2n) is 7.50. The number of amides is 1. The SMILES string of the molecule is CCn1c(C(=O)NN2CCCCC2)nc(-c2ccc(Cl)cc2)c1-c1ccc(Cl)cc1Cl.[HH]. The summed E-state index contributed by atoms with van der Waals surface area (Å²) in [6, 6.07) is 12.7. The van der Waals surface area contributed by atoms with E-state index >= 15 is 0 Å². The smallest absolute Gasteiger partial charge is 0.301 e. The largest absolute Gasteiger partial charge is 0.320 e. The Hall–Kier alpha value is -2.05. The van der Waals surface area contributed by atoms with Gasteiger partial charge < -0.3 is 4.57 Å². The Bertz CT molecular complexity index is 1100. The molecule has 0 unspecified atom stereocenters. The number of hydrogen-bond donors (Lipinski definition) is 1. The predicted octanol–water partition coefficient (Wildman–Crippen LogP) is 6.57. The van der Waals surface area contributed by atoms with Gasteiger partial charge in [-0.25, -0.2) is 9.99 Å². The minimum atomic E-state index is -0.227. The highest BCUT2D eigenvalue weighted by Crippen LogP contribution is 2.38. The summed E-state index contributed by atoms with van der Waals surface area (Å²) in [6.45, 7) is 4.23. The second-order valence-corrected chi connectivity index (χ2v) is 8.78. The van der Waals surface area contributed by atoms with E-state index in [0.29, 0.717) is 33.1 Å². The van der Waals surface area contributed by atoms with Gasteiger partial charge in [-0.1, -0.05) is 53.4 Å². The number of carbonyl (C=O) groups excluding carboxylic acids is 1. The number of halogens is 3. The van der Waals surface area contributed by atoms with Crippen LogP contribution in [0.25, 0.3) is 22.5 Å². The Balaban J connectivity index is 0.00000289. The van der Waals surface area contributed by atoms with Crippen molar-refractivity contribution in [2.45, 2.75) is 32.7 Å². The lowest BCUT2D eigenvalue weighted by Gasteiger charge is -2.26. The highest BCUT2D eigenvalue weighted by Gasteiger charge is 2.26. The van der Waals surface area contributed by atoms with Gasteiger partial charge in [0.2, 0.25) is 5.82 Å². The van der Waals surface area contributed by atoms with Crippen LogP contribution in [-0.2, 0) is 6.54 Å². The summed E-state index contributed by atoms with van der Waals surface area (Å²) in [7, 11) is 0. The van der Waals surface area contributed by atoms with E-state index in [1.54, 1.807) is 12.1 Å². The molecular formula is C23H25Cl3N4O. The normalized spacial score (nSPS) is 14.6. The third-order valence-corrected chi connectivity index (χ3v) is 6.21. The third kappa shape index (κ3) is 4.75. The number of hydrazine groups is 1. The average molecular weight is 480 g/mol. The fourth-order valence-corrected chi connectivity index (χ4v) is 4.52. The number of hydrogen-bond acceptors (Lipinski definition) is 3. The first kappa shape index (κ1) is 22.2. The first-order chi connectivity index (χ1) is 15.0. The molecule has 0 saturated carbocycles. The van der Waals surface area contributed by atoms with Crippen LogP contribution in [0.5, 0.6) is 0 Å². The van der Waals surface area contributed by atoms with Gasteiger partial charge in [-0.2, -0.15) is 0 Å². The van der Waals surface area contributed by atoms with Crippen LogP contribution < -0.4 is 5.43 Å². The van der Waals surface area contributed by atoms with E-state index in [1.807, 2.05) is 46.8 Å². The lowest BCUT2D eigenvalue weighted by atomic mass is 10.0. The summed E-state index contributed by atoms with van der Waals surface area (Å²) in [5.41, 5.74) is 6.09. The number of imidazole rings is 1. The monoisotopic (exact) mass is 478 g/mol. The Morgan fingerprint density at radius 1 is 1.03 bits per heavy atom. The zero-order valence-corrected chi connectivity index (χ0v) is 19.4. The van der Waals surface area contributed by atoms with Crippen LogP contribution in [0.15, 0.2) is 42.5 Å². The zero-order chi connectivity index (χ0) is 22.0. The highest BCUT2D eigenvalue weighted by atomic mass is 35.5. The van der Waals surface area contributed by atoms with Crippen molar-refractivity contribution in [3.8, 4) is 22.5 Å². The molecule has 1 aliphatic rings. The van der Waals surface area contributed by atoms with Crippen LogP contribution in [0.4, 0.5) is 0 Å². The van der Waals surface area contributed by atoms with Gasteiger partial charge >= 0.3 is 5.91 Å². The van der Waals surface area contributed by atoms with E-state index in [-0.39, 0.29) is 7.33 Å². The van der Waals surface area contributed by atoms with Crippen molar-refractivity contribution in [2.75, 3.05) is 13.1 Å². The number of rotatable bonds is 5. The molecule has 8 heteroatoms. The number of carbonyl (C=O) groups is 1. The molecule has 4 rings (SSSR count). The van der Waals surface area contributed by atoms with Crippen LogP contribution in [-0.4, -0.2) is 33.6 Å². The maximum absolute atomic E-state index is 13.2. The van der Waals surface area contributed by atoms with Crippen molar-refractivity contribution in [3.05, 3.63) is 63.4 Å². The molecule has 31 heavy (non-hydrogen) atoms. The summed E-state index contributed by atoms with van der Waals surface area (Å²) in [6.07, 6.45) is 3.34. The molecule has 1 aliphatic heterocycles. The number of nitrogens with one attached hydrogen (secondary N) is 1. The van der Waals surface area contributed by atoms with Crippen LogP contribution >= 0.6 is 34.8 Å². The summed E-state index contributed by atoms with van der Waals surface area (Å²) < 4.78 is 1.90. The molecule has 0 bridgehead atoms. The fraction of sp³-hybridized carbons (Fsp3) is 0.304. The van der Waals surface area contributed by atoms with Gasteiger partial charge in [0, 0.05) is 42.2 Å². The topological polar surface area (TPSA) is 50.2 Å². The minimum absolute atomic E-state index is 0. The number of piperidine rings is 1. The Morgan fingerprint density at radius 3 is 2.35 bits per heavy atom. The zero-order valence-electron chi connectivity index (χ0n) is 17.2. The van der Waals surface area contributed by atoms with Crippen molar-refractivity contribution in [2.24, 2.45) is 0 Å². The lowest BCUT2D eigenvalue weighted by Crippen LogP contribution is -2.45. The summed E-state index contributed by atoms with van der Waals surface area (Å²) >= 11 is 18.8. The molecule has 0 spiro atoms. The molecular weight excluding hydrogens is 455 g/mol. The second kappa shape index (κ2) is 9.61. The number of nitrogens with zero attached hydrogens (tertiary/aromatic N) is 3. The lowest BCUT2D eigenvalue weighted by molar-refractivity contribution is 0.0735. The van der Waals surface area contributed by atoms with E-state index < -0.39 is 0 Å². The molecule has 1 saturated heterocycles. The van der Waals surface area contributed by atoms with Gasteiger partial charge in [0.05, 0.1) is 16.4 Å². The van der Waals surface area contributed by atoms with E-state index in [0.717, 1.165) is 42.8 Å². The van der Waals surface area contributed by atoms with E-state index in [4.69, 9.17) is 39.8 Å². The molecule has 3 aromatic rings. The highest BCUT2D eigenvalue weighted by molar-refractivity contribution is 6.36. The van der Waals surface area contributed by atoms with Gasteiger partial charge in [0.1, 0.15) is 0 Å². The van der Waals surface area contributed by atoms with Gasteiger partial charge in [-0.05, 0) is 50.1 Å². The molecule has 1 fully saturated rings. The molecule has 5 nitrogen and oxygen atoms in total. The summed E-state index contributed by atoms with van der Waals surface area (Å²) in [5, 5.41) is 3.65. The quantitative estimate of drug-likeness (QED) is 0.450. The molecule has 0 radical (unpaired) electrons. The third-order valence-electron chi connectivity index (χ3n) is 5.41. The minimum Gasteiger partial charge on any atom is -0.320 e. The Labute approximate surface area is 198 Å². The fourth-order valence-electron chi connectivity index (χ4n) is 3.90. The standard InChI is InChI=1S/C23H23Cl3N4O.H2/c1-2-30-21(18-11-10-17(25)14-19(18)26)20(15-6-8-16(24)9-7-15)27-22(30)23(31)28-29-12-4-3-5-13-29;/h6-11,14H,2-5,12-13H2,1H3,(H,28,31);1H. The van der Waals surface area contributed by atoms with Crippen LogP contribution in [0, 0.1) is 0 Å². The van der Waals surface area contributed by atoms with Gasteiger partial charge in [-0.15, -0.1) is 0 Å². The van der Waals surface area contributed by atoms with Crippen molar-refractivity contribution in [1.82, 2.24) is 20.0 Å². The molecule has 2 aromatic carbocycles. The molecule has 0 atom stereocenters. The van der Waals surface area contributed by atoms with Crippen molar-refractivity contribution < 1.29 is 6.22 Å². The van der Waals surface area contributed by atoms with Gasteiger partial charge in [0.25, 0.3) is 0 Å². The van der Waals surface area contributed by atoms with Crippen LogP contribution in [0.2, 0.25) is 15.1 Å². The van der Waals surface area contributed by atoms with Gasteiger partial charge in [0.15, 0.2) is 0 Å². The van der Waals surface area contributed by atoms with Crippen molar-refractivity contribution in [1.29, 1.82) is 0 Å². The van der Waals surface area contributed by atoms with E-state index in [9.17, 15) is 4.79 Å². The van der Waals surface area contributed by atoms with Gasteiger partial charge in [-0.3, -0.25) is 10.2 Å². The first-order valence-electron chi connectivity index (χ1n) is 10.4. The average Bonchev–Trinajstić information content (AvgIpc) is 3.14. The molecule has 164 valence electrons. The van der Waals surface area contributed by atoms with E-state index in [2.05, 4.69) is 5.43 Å². The summed E-state index contributed by atoms with van der Waals surface area (Å²) in [4.78, 5) is 18.0. The van der Waals surface area contributed by atoms with E-state index in [1.165, 1.54) is 6.42 Å². The molecule has 2 heterocycles. The Kier molecular flexibility index (Phi) is 6.87. The van der Waals surface area contributed by atoms with Crippen LogP contribution in [0.3, 0.4) is 0 Å². The molecule has 0 aliphatic carbocycles. The summed E-state index contributed by atoms with van der Waals surface area (Å²) in [5.74, 6) is 0.120. The maximum atomic E-state index is 13.2. The van der Waals surface area contributed by atoms with Crippen LogP contribution in [0.1, 0.15) is 38.2 Å². The Morgan fingerprint density at radius 2 is 1.71 bits per heavy atom.